The molecule has 1 aromatic heterocycles. The maximum absolute atomic E-state index is 15.5. The van der Waals surface area contributed by atoms with Crippen molar-refractivity contribution in [3.05, 3.63) is 76.5 Å². The number of hydrogen-bond donors (Lipinski definition) is 1. The van der Waals surface area contributed by atoms with Crippen LogP contribution in [0.15, 0.2) is 42.6 Å². The minimum absolute atomic E-state index is 0.0953. The maximum Gasteiger partial charge on any atom is 0.306 e. The standard InChI is InChI=1S/C31H34F2N2O4/c1-19(31(36)37)14-22-7-6-20-9-11-27(39-30(20)29(22)33)21-8-10-24(25-16-28(38-2)34-17-26(25)32)23(15-21)18-35-12-4-3-5-13-35/h6-8,10,15-17,19,27H,3-5,9,11-14,18H2,1-2H3,(H,36,37). The van der Waals surface area contributed by atoms with E-state index in [9.17, 15) is 14.3 Å². The SMILES string of the molecule is COc1cc(-c2ccc(C3CCc4ccc(CC(C)C(=O)O)c(F)c4O3)cc2CN2CCCCC2)c(F)cn1. The summed E-state index contributed by atoms with van der Waals surface area (Å²) in [7, 11) is 1.51. The second-order valence-corrected chi connectivity index (χ2v) is 10.6. The van der Waals surface area contributed by atoms with Crippen LogP contribution in [0.5, 0.6) is 11.6 Å². The number of carbonyl (C=O) groups is 1. The Morgan fingerprint density at radius 1 is 1.13 bits per heavy atom. The first-order valence-corrected chi connectivity index (χ1v) is 13.6. The summed E-state index contributed by atoms with van der Waals surface area (Å²) in [5.41, 5.74) is 4.20. The largest absolute Gasteiger partial charge is 0.482 e. The van der Waals surface area contributed by atoms with Gasteiger partial charge >= 0.3 is 5.97 Å². The fraction of sp³-hybridized carbons (Fsp3) is 0.419. The number of aryl methyl sites for hydroxylation is 1. The molecule has 2 atom stereocenters. The van der Waals surface area contributed by atoms with Crippen molar-refractivity contribution in [1.29, 1.82) is 0 Å². The highest BCUT2D eigenvalue weighted by Crippen LogP contribution is 2.40. The molecule has 39 heavy (non-hydrogen) atoms. The number of fused-ring (bicyclic) bond motifs is 1. The van der Waals surface area contributed by atoms with Crippen LogP contribution in [0, 0.1) is 17.6 Å². The third kappa shape index (κ3) is 5.91. The summed E-state index contributed by atoms with van der Waals surface area (Å²) in [6.07, 6.45) is 5.71. The Hall–Kier alpha value is -3.52. The molecule has 0 aliphatic carbocycles. The zero-order chi connectivity index (χ0) is 27.5. The Morgan fingerprint density at radius 2 is 1.92 bits per heavy atom. The van der Waals surface area contributed by atoms with Crippen LogP contribution in [-0.2, 0) is 24.2 Å². The first-order valence-electron chi connectivity index (χ1n) is 13.6. The van der Waals surface area contributed by atoms with Gasteiger partial charge in [-0.25, -0.2) is 13.8 Å². The van der Waals surface area contributed by atoms with Gasteiger partial charge in [0.1, 0.15) is 11.9 Å². The number of carboxylic acids is 1. The van der Waals surface area contributed by atoms with E-state index >= 15 is 4.39 Å². The highest BCUT2D eigenvalue weighted by Gasteiger charge is 2.28. The van der Waals surface area contributed by atoms with Crippen LogP contribution >= 0.6 is 0 Å². The predicted molar refractivity (Wildman–Crippen MR) is 144 cm³/mol. The molecule has 1 saturated heterocycles. The number of rotatable bonds is 8. The van der Waals surface area contributed by atoms with Crippen LogP contribution in [0.4, 0.5) is 8.78 Å². The predicted octanol–water partition coefficient (Wildman–Crippen LogP) is 6.35. The lowest BCUT2D eigenvalue weighted by atomic mass is 9.91. The van der Waals surface area contributed by atoms with Crippen LogP contribution in [0.2, 0.25) is 0 Å². The van der Waals surface area contributed by atoms with Gasteiger partial charge in [0, 0.05) is 18.2 Å². The van der Waals surface area contributed by atoms with Gasteiger partial charge < -0.3 is 14.6 Å². The molecule has 0 amide bonds. The van der Waals surface area contributed by atoms with Gasteiger partial charge in [-0.1, -0.05) is 43.7 Å². The number of carboxylic acid groups (broad SMARTS) is 1. The first kappa shape index (κ1) is 27.1. The summed E-state index contributed by atoms with van der Waals surface area (Å²) < 4.78 is 41.9. The molecule has 8 heteroatoms. The van der Waals surface area contributed by atoms with Crippen LogP contribution < -0.4 is 9.47 Å². The van der Waals surface area contributed by atoms with Gasteiger partial charge in [-0.05, 0) is 73.0 Å². The zero-order valence-corrected chi connectivity index (χ0v) is 22.4. The summed E-state index contributed by atoms with van der Waals surface area (Å²) >= 11 is 0. The van der Waals surface area contributed by atoms with E-state index in [1.165, 1.54) is 19.7 Å². The fourth-order valence-electron chi connectivity index (χ4n) is 5.56. The molecule has 2 aromatic carbocycles. The van der Waals surface area contributed by atoms with Crippen molar-refractivity contribution < 1.29 is 28.2 Å². The second-order valence-electron chi connectivity index (χ2n) is 10.6. The van der Waals surface area contributed by atoms with E-state index in [2.05, 4.69) is 16.0 Å². The molecule has 1 N–H and O–H groups in total. The van der Waals surface area contributed by atoms with Crippen LogP contribution in [-0.4, -0.2) is 41.2 Å². The Morgan fingerprint density at radius 3 is 2.67 bits per heavy atom. The van der Waals surface area contributed by atoms with Crippen LogP contribution in [0.3, 0.4) is 0 Å². The number of likely N-dealkylation sites (tertiary alicyclic amines) is 1. The van der Waals surface area contributed by atoms with E-state index in [1.807, 2.05) is 18.2 Å². The summed E-state index contributed by atoms with van der Waals surface area (Å²) in [5.74, 6) is -2.02. The normalized spacial score (nSPS) is 18.2. The maximum atomic E-state index is 15.5. The van der Waals surface area contributed by atoms with Gasteiger partial charge in [-0.15, -0.1) is 0 Å². The third-order valence-corrected chi connectivity index (χ3v) is 7.82. The molecule has 0 saturated carbocycles. The lowest BCUT2D eigenvalue weighted by Crippen LogP contribution is -2.29. The van der Waals surface area contributed by atoms with E-state index in [1.54, 1.807) is 19.1 Å². The molecular formula is C31H34F2N2O4. The second kappa shape index (κ2) is 11.7. The summed E-state index contributed by atoms with van der Waals surface area (Å²) in [4.78, 5) is 17.7. The van der Waals surface area contributed by atoms with Crippen molar-refractivity contribution in [2.75, 3.05) is 20.2 Å². The van der Waals surface area contributed by atoms with Gasteiger partial charge in [0.2, 0.25) is 5.88 Å². The molecule has 3 aromatic rings. The molecule has 5 rings (SSSR count). The van der Waals surface area contributed by atoms with Crippen molar-refractivity contribution in [3.8, 4) is 22.8 Å². The monoisotopic (exact) mass is 536 g/mol. The lowest BCUT2D eigenvalue weighted by molar-refractivity contribution is -0.141. The minimum atomic E-state index is -0.963. The minimum Gasteiger partial charge on any atom is -0.482 e. The number of benzene rings is 2. The number of aliphatic carboxylic acids is 1. The van der Waals surface area contributed by atoms with E-state index in [0.717, 1.165) is 48.2 Å². The highest BCUT2D eigenvalue weighted by molar-refractivity contribution is 5.70. The average molecular weight is 537 g/mol. The van der Waals surface area contributed by atoms with Crippen molar-refractivity contribution in [2.45, 2.75) is 58.1 Å². The summed E-state index contributed by atoms with van der Waals surface area (Å²) in [5, 5.41) is 9.27. The number of hydrogen-bond acceptors (Lipinski definition) is 5. The lowest BCUT2D eigenvalue weighted by Gasteiger charge is -2.30. The first-order chi connectivity index (χ1) is 18.8. The number of piperidine rings is 1. The highest BCUT2D eigenvalue weighted by atomic mass is 19.1. The van der Waals surface area contributed by atoms with Gasteiger partial charge in [-0.2, -0.15) is 0 Å². The van der Waals surface area contributed by atoms with Gasteiger partial charge in [-0.3, -0.25) is 9.69 Å². The molecule has 0 spiro atoms. The Labute approximate surface area is 227 Å². The molecule has 1 fully saturated rings. The third-order valence-electron chi connectivity index (χ3n) is 7.82. The Bertz CT molecular complexity index is 1360. The van der Waals surface area contributed by atoms with Gasteiger partial charge in [0.25, 0.3) is 0 Å². The molecule has 6 nitrogen and oxygen atoms in total. The molecule has 2 aliphatic rings. The zero-order valence-electron chi connectivity index (χ0n) is 22.4. The van der Waals surface area contributed by atoms with E-state index in [0.29, 0.717) is 36.4 Å². The average Bonchev–Trinajstić information content (AvgIpc) is 2.95. The van der Waals surface area contributed by atoms with Crippen molar-refractivity contribution in [3.63, 3.8) is 0 Å². The number of pyridine rings is 1. The molecule has 206 valence electrons. The van der Waals surface area contributed by atoms with Crippen LogP contribution in [0.1, 0.15) is 61.0 Å². The Balaban J connectivity index is 1.48. The summed E-state index contributed by atoms with van der Waals surface area (Å²) in [6, 6.07) is 11.0. The van der Waals surface area contributed by atoms with E-state index < -0.39 is 23.5 Å². The van der Waals surface area contributed by atoms with Crippen molar-refractivity contribution in [2.24, 2.45) is 5.92 Å². The van der Waals surface area contributed by atoms with E-state index in [4.69, 9.17) is 9.47 Å². The summed E-state index contributed by atoms with van der Waals surface area (Å²) in [6.45, 7) is 4.21. The van der Waals surface area contributed by atoms with Gasteiger partial charge in [0.15, 0.2) is 11.6 Å². The van der Waals surface area contributed by atoms with E-state index in [-0.39, 0.29) is 18.3 Å². The molecule has 0 radical (unpaired) electrons. The molecular weight excluding hydrogens is 502 g/mol. The number of halogens is 2. The number of nitrogens with zero attached hydrogens (tertiary/aromatic N) is 2. The van der Waals surface area contributed by atoms with Crippen molar-refractivity contribution in [1.82, 2.24) is 9.88 Å². The van der Waals surface area contributed by atoms with Crippen LogP contribution in [0.25, 0.3) is 11.1 Å². The quantitative estimate of drug-likeness (QED) is 0.362. The fourth-order valence-corrected chi connectivity index (χ4v) is 5.56. The molecule has 2 aliphatic heterocycles. The number of ether oxygens (including phenoxy) is 2. The topological polar surface area (TPSA) is 71.9 Å². The molecule has 0 bridgehead atoms. The Kier molecular flexibility index (Phi) is 8.12. The smallest absolute Gasteiger partial charge is 0.306 e. The molecule has 2 unspecified atom stereocenters. The van der Waals surface area contributed by atoms with Crippen molar-refractivity contribution >= 4 is 5.97 Å². The molecule has 3 heterocycles. The van der Waals surface area contributed by atoms with Gasteiger partial charge in [0.05, 0.1) is 19.2 Å². The number of aromatic nitrogens is 1. The number of methoxy groups -OCH3 is 1.